The molecule has 0 radical (unpaired) electrons. The highest BCUT2D eigenvalue weighted by Crippen LogP contribution is 2.50. The lowest BCUT2D eigenvalue weighted by atomic mass is 10.0. The number of carbonyl (C=O) groups is 3. The number of rotatable bonds is 27. The van der Waals surface area contributed by atoms with Crippen LogP contribution in [0.15, 0.2) is 0 Å². The van der Waals surface area contributed by atoms with E-state index in [0.29, 0.717) is 17.8 Å². The minimum absolute atomic E-state index is 0.0591. The molecule has 0 aromatic carbocycles. The average Bonchev–Trinajstić information content (AvgIpc) is 2.93. The van der Waals surface area contributed by atoms with Crippen LogP contribution in [-0.2, 0) is 32.5 Å². The zero-order chi connectivity index (χ0) is 30.9. The molecule has 41 heavy (non-hydrogen) atoms. The van der Waals surface area contributed by atoms with E-state index in [2.05, 4.69) is 41.5 Å². The third-order valence-electron chi connectivity index (χ3n) is 6.99. The van der Waals surface area contributed by atoms with Gasteiger partial charge in [-0.15, -0.1) is 35.3 Å². The summed E-state index contributed by atoms with van der Waals surface area (Å²) in [5, 5.41) is 0. The van der Waals surface area contributed by atoms with E-state index >= 15 is 0 Å². The number of phosphoric acid groups is 1. The van der Waals surface area contributed by atoms with Gasteiger partial charge in [-0.3, -0.25) is 14.4 Å². The fourth-order valence-electron chi connectivity index (χ4n) is 4.13. The largest absolute Gasteiger partial charge is 0.653 e. The van der Waals surface area contributed by atoms with Crippen LogP contribution in [0.1, 0.15) is 119 Å². The number of unbranched alkanes of at least 4 members (excludes halogenated alkanes) is 3. The predicted octanol–water partition coefficient (Wildman–Crippen LogP) is 9.57. The average molecular weight is 657 g/mol. The molecule has 3 unspecified atom stereocenters. The molecule has 0 aromatic rings. The third-order valence-corrected chi connectivity index (χ3v) is 11.7. The summed E-state index contributed by atoms with van der Waals surface area (Å²) in [5.74, 6) is 1.14. The van der Waals surface area contributed by atoms with E-state index in [1.54, 1.807) is 0 Å². The van der Waals surface area contributed by atoms with Crippen molar-refractivity contribution in [1.82, 2.24) is 0 Å². The van der Waals surface area contributed by atoms with Crippen molar-refractivity contribution < 1.29 is 32.5 Å². The lowest BCUT2D eigenvalue weighted by Gasteiger charge is -2.18. The molecule has 11 heteroatoms. The molecule has 0 fully saturated rings. The molecule has 0 amide bonds. The van der Waals surface area contributed by atoms with E-state index in [9.17, 15) is 18.9 Å². The van der Waals surface area contributed by atoms with Crippen LogP contribution in [0.3, 0.4) is 0 Å². The summed E-state index contributed by atoms with van der Waals surface area (Å²) < 4.78 is 28.6. The Morgan fingerprint density at radius 3 is 1.02 bits per heavy atom. The highest BCUT2D eigenvalue weighted by molar-refractivity contribution is 8.00. The lowest BCUT2D eigenvalue weighted by molar-refractivity contribution is -0.141. The predicted molar refractivity (Wildman–Crippen MR) is 178 cm³/mol. The molecular formula is C30H57O7PS3. The molecule has 242 valence electrons. The molecule has 7 nitrogen and oxygen atoms in total. The number of hydrogen-bond donors (Lipinski definition) is 0. The van der Waals surface area contributed by atoms with Gasteiger partial charge in [0.2, 0.25) is 0 Å². The van der Waals surface area contributed by atoms with Crippen molar-refractivity contribution >= 4 is 61.0 Å². The first-order valence-corrected chi connectivity index (χ1v) is 20.6. The van der Waals surface area contributed by atoms with Crippen LogP contribution >= 0.6 is 43.1 Å². The number of hydrogen-bond acceptors (Lipinski definition) is 10. The van der Waals surface area contributed by atoms with Gasteiger partial charge in [0.25, 0.3) is 0 Å². The molecule has 0 aliphatic rings. The van der Waals surface area contributed by atoms with E-state index in [4.69, 9.17) is 13.6 Å². The zero-order valence-electron chi connectivity index (χ0n) is 26.5. The van der Waals surface area contributed by atoms with Crippen LogP contribution in [-0.4, -0.2) is 52.4 Å². The lowest BCUT2D eigenvalue weighted by Crippen LogP contribution is -2.18. The van der Waals surface area contributed by atoms with Crippen LogP contribution in [0.25, 0.3) is 0 Å². The van der Waals surface area contributed by atoms with E-state index in [1.165, 1.54) is 35.3 Å². The molecule has 3 atom stereocenters. The van der Waals surface area contributed by atoms with Crippen molar-refractivity contribution in [3.8, 4) is 0 Å². The van der Waals surface area contributed by atoms with Crippen LogP contribution in [0, 0.1) is 17.8 Å². The Kier molecular flexibility index (Phi) is 25.9. The topological polar surface area (TPSA) is 96.0 Å². The second kappa shape index (κ2) is 26.1. The molecule has 0 spiro atoms. The van der Waals surface area contributed by atoms with Gasteiger partial charge in [-0.2, -0.15) is 4.57 Å². The van der Waals surface area contributed by atoms with Gasteiger partial charge in [0.15, 0.2) is 0 Å². The molecule has 0 N–H and O–H groups in total. The van der Waals surface area contributed by atoms with Gasteiger partial charge in [0.1, 0.15) is 0 Å². The van der Waals surface area contributed by atoms with E-state index in [-0.39, 0.29) is 17.3 Å². The third kappa shape index (κ3) is 21.9. The minimum atomic E-state index is -4.74. The fourth-order valence-corrected chi connectivity index (χ4v) is 8.68. The van der Waals surface area contributed by atoms with Gasteiger partial charge in [0, 0.05) is 0 Å². The van der Waals surface area contributed by atoms with Crippen molar-refractivity contribution in [2.24, 2.45) is 17.8 Å². The molecule has 0 saturated carbocycles. The molecule has 0 aliphatic heterocycles. The molecule has 0 saturated heterocycles. The molecule has 0 bridgehead atoms. The second-order valence-corrected chi connectivity index (χ2v) is 15.2. The Hall–Kier alpha value is -0.310. The Labute approximate surface area is 263 Å². The molecule has 0 rings (SSSR count). The Bertz CT molecular complexity index is 658. The number of carbonyl (C=O) groups excluding carboxylic acids is 3. The van der Waals surface area contributed by atoms with E-state index in [0.717, 1.165) is 94.3 Å². The first kappa shape index (κ1) is 40.7. The maximum atomic E-state index is 13.4. The van der Waals surface area contributed by atoms with Crippen molar-refractivity contribution in [2.75, 3.05) is 34.5 Å². The van der Waals surface area contributed by atoms with E-state index in [1.807, 2.05) is 0 Å². The maximum Gasteiger partial charge on any atom is 0.653 e. The first-order valence-electron chi connectivity index (χ1n) is 15.7. The summed E-state index contributed by atoms with van der Waals surface area (Å²) in [6, 6.07) is 0. The van der Waals surface area contributed by atoms with Gasteiger partial charge in [-0.05, 0) is 54.3 Å². The summed E-state index contributed by atoms with van der Waals surface area (Å²) in [7, 11) is -4.74. The van der Waals surface area contributed by atoms with Crippen molar-refractivity contribution in [1.29, 1.82) is 0 Å². The summed E-state index contributed by atoms with van der Waals surface area (Å²) in [6.07, 6.45) is 13.1. The Morgan fingerprint density at radius 2 is 0.805 bits per heavy atom. The van der Waals surface area contributed by atoms with Crippen molar-refractivity contribution in [3.05, 3.63) is 0 Å². The second-order valence-electron chi connectivity index (χ2n) is 10.6. The fraction of sp³-hybridized carbons (Fsp3) is 0.900. The highest BCUT2D eigenvalue weighted by Gasteiger charge is 2.39. The van der Waals surface area contributed by atoms with E-state index < -0.39 is 25.7 Å². The summed E-state index contributed by atoms with van der Waals surface area (Å²) in [5.41, 5.74) is 0. The summed E-state index contributed by atoms with van der Waals surface area (Å²) in [6.45, 7) is 12.8. The molecular weight excluding hydrogens is 599 g/mol. The quantitative estimate of drug-likeness (QED) is 0.0795. The molecule has 0 heterocycles. The highest BCUT2D eigenvalue weighted by atomic mass is 32.2. The van der Waals surface area contributed by atoms with Crippen molar-refractivity contribution in [3.63, 3.8) is 0 Å². The summed E-state index contributed by atoms with van der Waals surface area (Å²) >= 11 is 4.17. The van der Waals surface area contributed by atoms with Gasteiger partial charge < -0.3 is 13.6 Å². The van der Waals surface area contributed by atoms with Crippen LogP contribution in [0.5, 0.6) is 0 Å². The van der Waals surface area contributed by atoms with Gasteiger partial charge in [0.05, 0.1) is 17.3 Å². The Balaban J connectivity index is 5.10. The molecule has 0 aliphatic carbocycles. The first-order chi connectivity index (χ1) is 19.7. The monoisotopic (exact) mass is 656 g/mol. The zero-order valence-corrected chi connectivity index (χ0v) is 29.8. The van der Waals surface area contributed by atoms with Gasteiger partial charge in [-0.1, -0.05) is 99.3 Å². The normalized spacial score (nSPS) is 15.0. The van der Waals surface area contributed by atoms with Crippen LogP contribution in [0.2, 0.25) is 0 Å². The van der Waals surface area contributed by atoms with Gasteiger partial charge >= 0.3 is 25.7 Å². The van der Waals surface area contributed by atoms with Crippen molar-refractivity contribution in [2.45, 2.75) is 119 Å². The minimum Gasteiger partial charge on any atom is -0.351 e. The summed E-state index contributed by atoms with van der Waals surface area (Å²) in [4.78, 5) is 37.7. The number of thioether (sulfide) groups is 3. The van der Waals surface area contributed by atoms with Crippen LogP contribution in [0.4, 0.5) is 0 Å². The Morgan fingerprint density at radius 1 is 0.537 bits per heavy atom. The number of phosphoric ester groups is 1. The smallest absolute Gasteiger partial charge is 0.351 e. The standard InChI is InChI=1S/C30H57O7PS3/c1-7-13-16-25(10-4)19-39-22-28(31)35-38(34,36-29(32)23-40-20-26(11-5)17-14-8-2)37-30(33)24-41-21-27(12-6)18-15-9-3/h25-27H,7-24H2,1-6H3. The maximum absolute atomic E-state index is 13.4. The molecule has 0 aromatic heterocycles. The SMILES string of the molecule is CCCCC(CC)CSCC(=O)OP(=O)(OC(=O)CSCC(CC)CCCC)OC(=O)CSCC(CC)CCCC. The van der Waals surface area contributed by atoms with Gasteiger partial charge in [-0.25, -0.2) is 0 Å². The van der Waals surface area contributed by atoms with Crippen LogP contribution < -0.4 is 0 Å².